The number of aromatic nitrogens is 1. The summed E-state index contributed by atoms with van der Waals surface area (Å²) in [4.78, 5) is 17.4. The second kappa shape index (κ2) is 6.57. The van der Waals surface area contributed by atoms with Crippen molar-refractivity contribution in [2.24, 2.45) is 0 Å². The van der Waals surface area contributed by atoms with Crippen molar-refractivity contribution in [1.82, 2.24) is 4.98 Å². The molecule has 5 nitrogen and oxygen atoms in total. The highest BCUT2D eigenvalue weighted by molar-refractivity contribution is 7.18. The summed E-state index contributed by atoms with van der Waals surface area (Å²) in [6.07, 6.45) is 2.29. The summed E-state index contributed by atoms with van der Waals surface area (Å²) in [7, 11) is 0. The molecule has 3 N–H and O–H groups in total. The fraction of sp³-hybridized carbons (Fsp3) is 0.158. The van der Waals surface area contributed by atoms with E-state index in [2.05, 4.69) is 10.3 Å². The van der Waals surface area contributed by atoms with Crippen LogP contribution in [0.5, 0.6) is 11.5 Å². The standard InChI is InChI=1S/C19H17N3O2S/c20-18-17(25-19(22-18)21-13-8-9-13)16(23)12-6-10-15(11-7-12)24-14-4-2-1-3-5-14/h1-7,10-11,13H,8-9,20H2,(H,21,22). The van der Waals surface area contributed by atoms with Gasteiger partial charge in [-0.15, -0.1) is 0 Å². The third-order valence-corrected chi connectivity index (χ3v) is 4.86. The molecule has 1 aliphatic carbocycles. The van der Waals surface area contributed by atoms with Crippen LogP contribution in [0.4, 0.5) is 10.9 Å². The van der Waals surface area contributed by atoms with Crippen molar-refractivity contribution >= 4 is 28.1 Å². The van der Waals surface area contributed by atoms with Gasteiger partial charge in [-0.2, -0.15) is 0 Å². The maximum atomic E-state index is 12.7. The number of thiazole rings is 1. The molecule has 0 aliphatic heterocycles. The van der Waals surface area contributed by atoms with Crippen LogP contribution in [0.2, 0.25) is 0 Å². The van der Waals surface area contributed by atoms with Crippen LogP contribution in [-0.2, 0) is 0 Å². The Morgan fingerprint density at radius 2 is 1.76 bits per heavy atom. The van der Waals surface area contributed by atoms with Gasteiger partial charge in [0.05, 0.1) is 0 Å². The van der Waals surface area contributed by atoms with Crippen molar-refractivity contribution in [3.63, 3.8) is 0 Å². The first-order valence-electron chi connectivity index (χ1n) is 8.09. The third-order valence-electron chi connectivity index (χ3n) is 3.86. The molecular formula is C19H17N3O2S. The van der Waals surface area contributed by atoms with E-state index < -0.39 is 0 Å². The molecule has 0 bridgehead atoms. The number of nitrogens with zero attached hydrogens (tertiary/aromatic N) is 1. The molecule has 2 aromatic carbocycles. The fourth-order valence-corrected chi connectivity index (χ4v) is 3.31. The van der Waals surface area contributed by atoms with Gasteiger partial charge >= 0.3 is 0 Å². The number of ether oxygens (including phenoxy) is 1. The number of nitrogen functional groups attached to an aromatic ring is 1. The first-order chi connectivity index (χ1) is 12.2. The van der Waals surface area contributed by atoms with Gasteiger partial charge in [0.15, 0.2) is 5.13 Å². The van der Waals surface area contributed by atoms with Gasteiger partial charge in [-0.25, -0.2) is 4.98 Å². The molecule has 1 aliphatic rings. The number of anilines is 2. The molecule has 1 aromatic heterocycles. The molecule has 25 heavy (non-hydrogen) atoms. The predicted molar refractivity (Wildman–Crippen MR) is 99.6 cm³/mol. The monoisotopic (exact) mass is 351 g/mol. The second-order valence-electron chi connectivity index (χ2n) is 5.92. The van der Waals surface area contributed by atoms with Gasteiger partial charge in [-0.05, 0) is 49.2 Å². The third kappa shape index (κ3) is 3.64. The molecule has 4 rings (SSSR count). The van der Waals surface area contributed by atoms with E-state index in [1.54, 1.807) is 24.3 Å². The van der Waals surface area contributed by atoms with Crippen LogP contribution in [0.25, 0.3) is 0 Å². The fourth-order valence-electron chi connectivity index (χ4n) is 2.39. The molecule has 1 fully saturated rings. The van der Waals surface area contributed by atoms with Gasteiger partial charge in [0.1, 0.15) is 22.2 Å². The Balaban J connectivity index is 1.49. The van der Waals surface area contributed by atoms with E-state index in [1.165, 1.54) is 11.3 Å². The van der Waals surface area contributed by atoms with Gasteiger partial charge in [0.2, 0.25) is 5.78 Å². The van der Waals surface area contributed by atoms with Crippen LogP contribution in [0.1, 0.15) is 28.1 Å². The zero-order valence-electron chi connectivity index (χ0n) is 13.4. The van der Waals surface area contributed by atoms with Gasteiger partial charge in [0, 0.05) is 11.6 Å². The lowest BCUT2D eigenvalue weighted by molar-refractivity contribution is 0.104. The zero-order chi connectivity index (χ0) is 17.2. The van der Waals surface area contributed by atoms with E-state index in [0.717, 1.165) is 18.6 Å². The molecule has 0 spiro atoms. The normalized spacial score (nSPS) is 13.4. The topological polar surface area (TPSA) is 77.2 Å². The maximum absolute atomic E-state index is 12.7. The molecule has 1 heterocycles. The van der Waals surface area contributed by atoms with Crippen LogP contribution in [0.3, 0.4) is 0 Å². The summed E-state index contributed by atoms with van der Waals surface area (Å²) >= 11 is 1.31. The molecular weight excluding hydrogens is 334 g/mol. The largest absolute Gasteiger partial charge is 0.457 e. The summed E-state index contributed by atoms with van der Waals surface area (Å²) in [5.41, 5.74) is 6.49. The summed E-state index contributed by atoms with van der Waals surface area (Å²) in [6, 6.07) is 17.0. The van der Waals surface area contributed by atoms with E-state index in [-0.39, 0.29) is 11.6 Å². The van der Waals surface area contributed by atoms with Crippen LogP contribution in [0.15, 0.2) is 54.6 Å². The first kappa shape index (κ1) is 15.7. The Kier molecular flexibility index (Phi) is 4.11. The van der Waals surface area contributed by atoms with Crippen LogP contribution < -0.4 is 15.8 Å². The van der Waals surface area contributed by atoms with E-state index >= 15 is 0 Å². The second-order valence-corrected chi connectivity index (χ2v) is 6.92. The Labute approximate surface area is 149 Å². The number of benzene rings is 2. The number of hydrogen-bond donors (Lipinski definition) is 2. The zero-order valence-corrected chi connectivity index (χ0v) is 14.3. The molecule has 1 saturated carbocycles. The molecule has 126 valence electrons. The average Bonchev–Trinajstić information content (AvgIpc) is 3.37. The van der Waals surface area contributed by atoms with Crippen molar-refractivity contribution in [3.05, 3.63) is 65.0 Å². The molecule has 0 unspecified atom stereocenters. The first-order valence-corrected chi connectivity index (χ1v) is 8.91. The number of carbonyl (C=O) groups is 1. The van der Waals surface area contributed by atoms with E-state index in [1.807, 2.05) is 30.3 Å². The number of ketones is 1. The summed E-state index contributed by atoms with van der Waals surface area (Å²) in [5, 5.41) is 3.99. The molecule has 6 heteroatoms. The van der Waals surface area contributed by atoms with Gasteiger partial charge in [-0.3, -0.25) is 4.79 Å². The minimum absolute atomic E-state index is 0.120. The highest BCUT2D eigenvalue weighted by atomic mass is 32.1. The number of carbonyl (C=O) groups excluding carboxylic acids is 1. The average molecular weight is 351 g/mol. The summed E-state index contributed by atoms with van der Waals surface area (Å²) in [5.74, 6) is 1.59. The van der Waals surface area contributed by atoms with E-state index in [0.29, 0.717) is 27.4 Å². The van der Waals surface area contributed by atoms with Crippen molar-refractivity contribution in [2.75, 3.05) is 11.1 Å². The van der Waals surface area contributed by atoms with Crippen molar-refractivity contribution in [3.8, 4) is 11.5 Å². The highest BCUT2D eigenvalue weighted by Gasteiger charge is 2.24. The number of nitrogens with two attached hydrogens (primary N) is 1. The maximum Gasteiger partial charge on any atom is 0.206 e. The number of nitrogens with one attached hydrogen (secondary N) is 1. The lowest BCUT2D eigenvalue weighted by Gasteiger charge is -2.06. The lowest BCUT2D eigenvalue weighted by Crippen LogP contribution is -2.02. The van der Waals surface area contributed by atoms with Crippen molar-refractivity contribution in [2.45, 2.75) is 18.9 Å². The number of hydrogen-bond acceptors (Lipinski definition) is 6. The van der Waals surface area contributed by atoms with Crippen LogP contribution in [0, 0.1) is 0 Å². The van der Waals surface area contributed by atoms with Crippen LogP contribution >= 0.6 is 11.3 Å². The minimum Gasteiger partial charge on any atom is -0.457 e. The van der Waals surface area contributed by atoms with Gasteiger partial charge in [0.25, 0.3) is 0 Å². The SMILES string of the molecule is Nc1nc(NC2CC2)sc1C(=O)c1ccc(Oc2ccccc2)cc1. The molecule has 0 radical (unpaired) electrons. The summed E-state index contributed by atoms with van der Waals surface area (Å²) in [6.45, 7) is 0. The molecule has 3 aromatic rings. The molecule has 0 atom stereocenters. The van der Waals surface area contributed by atoms with Crippen molar-refractivity contribution in [1.29, 1.82) is 0 Å². The lowest BCUT2D eigenvalue weighted by atomic mass is 10.1. The Morgan fingerprint density at radius 1 is 1.08 bits per heavy atom. The number of rotatable bonds is 6. The Morgan fingerprint density at radius 3 is 2.44 bits per heavy atom. The van der Waals surface area contributed by atoms with Crippen LogP contribution in [-0.4, -0.2) is 16.8 Å². The quantitative estimate of drug-likeness (QED) is 0.647. The van der Waals surface area contributed by atoms with E-state index in [4.69, 9.17) is 10.5 Å². The summed E-state index contributed by atoms with van der Waals surface area (Å²) < 4.78 is 5.74. The molecule has 0 saturated heterocycles. The van der Waals surface area contributed by atoms with Crippen molar-refractivity contribution < 1.29 is 9.53 Å². The van der Waals surface area contributed by atoms with Gasteiger partial charge in [-0.1, -0.05) is 29.5 Å². The Bertz CT molecular complexity index is 887. The smallest absolute Gasteiger partial charge is 0.206 e. The van der Waals surface area contributed by atoms with Gasteiger partial charge < -0.3 is 15.8 Å². The predicted octanol–water partition coefficient (Wildman–Crippen LogP) is 4.32. The highest BCUT2D eigenvalue weighted by Crippen LogP contribution is 2.32. The minimum atomic E-state index is -0.120. The Hall–Kier alpha value is -2.86. The number of para-hydroxylation sites is 1. The van der Waals surface area contributed by atoms with E-state index in [9.17, 15) is 4.79 Å². The molecule has 0 amide bonds.